The molecule has 0 saturated heterocycles. The van der Waals surface area contributed by atoms with Crippen molar-refractivity contribution in [2.75, 3.05) is 6.54 Å². The summed E-state index contributed by atoms with van der Waals surface area (Å²) in [5.41, 5.74) is 0. The normalized spacial score (nSPS) is 19.0. The molecular weight excluding hydrogens is 262 g/mol. The number of hydrogen-bond donors (Lipinski definition) is 1. The fraction of sp³-hybridized carbons (Fsp3) is 0.733. The molecule has 1 aliphatic carbocycles. The molecule has 1 saturated carbocycles. The van der Waals surface area contributed by atoms with Crippen LogP contribution in [0.3, 0.4) is 0 Å². The maximum atomic E-state index is 6.30. The van der Waals surface area contributed by atoms with E-state index in [9.17, 15) is 0 Å². The van der Waals surface area contributed by atoms with Gasteiger partial charge >= 0.3 is 0 Å². The van der Waals surface area contributed by atoms with E-state index in [0.29, 0.717) is 6.04 Å². The standard InChI is InChI=1S/C15H24ClNS/c1-2-9-17-14(15-13(16)8-10-18-15)11-12-6-4-3-5-7-12/h8,10,12,14,17H,2-7,9,11H2,1H3. The molecule has 1 atom stereocenters. The maximum Gasteiger partial charge on any atom is 0.0561 e. The van der Waals surface area contributed by atoms with Gasteiger partial charge in [-0.3, -0.25) is 0 Å². The Morgan fingerprint density at radius 3 is 2.78 bits per heavy atom. The van der Waals surface area contributed by atoms with Crippen LogP contribution >= 0.6 is 22.9 Å². The highest BCUT2D eigenvalue weighted by molar-refractivity contribution is 7.10. The Labute approximate surface area is 120 Å². The highest BCUT2D eigenvalue weighted by Gasteiger charge is 2.22. The third-order valence-electron chi connectivity index (χ3n) is 3.90. The van der Waals surface area contributed by atoms with E-state index in [1.54, 1.807) is 11.3 Å². The first-order chi connectivity index (χ1) is 8.81. The molecule has 0 amide bonds. The highest BCUT2D eigenvalue weighted by Crippen LogP contribution is 2.36. The zero-order chi connectivity index (χ0) is 12.8. The third-order valence-corrected chi connectivity index (χ3v) is 5.37. The number of hydrogen-bond acceptors (Lipinski definition) is 2. The minimum atomic E-state index is 0.473. The monoisotopic (exact) mass is 285 g/mol. The van der Waals surface area contributed by atoms with E-state index in [0.717, 1.165) is 17.5 Å². The first-order valence-electron chi connectivity index (χ1n) is 7.27. The van der Waals surface area contributed by atoms with Gasteiger partial charge in [0, 0.05) is 10.9 Å². The Kier molecular flexibility index (Phi) is 6.00. The van der Waals surface area contributed by atoms with Crippen molar-refractivity contribution < 1.29 is 0 Å². The number of nitrogens with one attached hydrogen (secondary N) is 1. The highest BCUT2D eigenvalue weighted by atomic mass is 35.5. The smallest absolute Gasteiger partial charge is 0.0561 e. The van der Waals surface area contributed by atoms with Crippen LogP contribution in [0.2, 0.25) is 5.02 Å². The summed E-state index contributed by atoms with van der Waals surface area (Å²) in [6.45, 7) is 3.31. The number of thiophene rings is 1. The summed E-state index contributed by atoms with van der Waals surface area (Å²) in [7, 11) is 0. The van der Waals surface area contributed by atoms with Crippen LogP contribution in [0, 0.1) is 5.92 Å². The Hall–Kier alpha value is -0.0500. The van der Waals surface area contributed by atoms with Gasteiger partial charge in [-0.1, -0.05) is 50.6 Å². The van der Waals surface area contributed by atoms with Gasteiger partial charge in [-0.05, 0) is 36.8 Å². The second-order valence-electron chi connectivity index (χ2n) is 5.38. The van der Waals surface area contributed by atoms with E-state index < -0.39 is 0 Å². The molecule has 1 N–H and O–H groups in total. The first kappa shape index (κ1) is 14.4. The summed E-state index contributed by atoms with van der Waals surface area (Å²) in [4.78, 5) is 1.34. The minimum absolute atomic E-state index is 0.473. The van der Waals surface area contributed by atoms with Crippen LogP contribution in [0.4, 0.5) is 0 Å². The molecule has 1 aliphatic rings. The van der Waals surface area contributed by atoms with E-state index in [2.05, 4.69) is 17.6 Å². The van der Waals surface area contributed by atoms with Gasteiger partial charge in [0.05, 0.1) is 5.02 Å². The molecule has 1 heterocycles. The summed E-state index contributed by atoms with van der Waals surface area (Å²) in [6.07, 6.45) is 9.54. The summed E-state index contributed by atoms with van der Waals surface area (Å²) in [5, 5.41) is 6.74. The molecule has 1 unspecified atom stereocenters. The largest absolute Gasteiger partial charge is 0.309 e. The van der Waals surface area contributed by atoms with Crippen LogP contribution < -0.4 is 5.32 Å². The lowest BCUT2D eigenvalue weighted by Crippen LogP contribution is -2.24. The van der Waals surface area contributed by atoms with Gasteiger partial charge in [0.2, 0.25) is 0 Å². The number of rotatable bonds is 6. The van der Waals surface area contributed by atoms with Crippen molar-refractivity contribution in [2.45, 2.75) is 57.9 Å². The van der Waals surface area contributed by atoms with Gasteiger partial charge in [-0.2, -0.15) is 0 Å². The molecule has 18 heavy (non-hydrogen) atoms. The first-order valence-corrected chi connectivity index (χ1v) is 8.53. The Bertz CT molecular complexity index is 344. The van der Waals surface area contributed by atoms with E-state index >= 15 is 0 Å². The summed E-state index contributed by atoms with van der Waals surface area (Å²) >= 11 is 8.10. The average molecular weight is 286 g/mol. The van der Waals surface area contributed by atoms with Gasteiger partial charge in [-0.15, -0.1) is 11.3 Å². The predicted molar refractivity (Wildman–Crippen MR) is 81.6 cm³/mol. The molecule has 0 spiro atoms. The molecule has 3 heteroatoms. The van der Waals surface area contributed by atoms with E-state index in [4.69, 9.17) is 11.6 Å². The fourth-order valence-electron chi connectivity index (χ4n) is 2.91. The van der Waals surface area contributed by atoms with E-state index in [1.165, 1.54) is 49.8 Å². The lowest BCUT2D eigenvalue weighted by Gasteiger charge is -2.27. The zero-order valence-electron chi connectivity index (χ0n) is 11.3. The molecule has 0 aliphatic heterocycles. The summed E-state index contributed by atoms with van der Waals surface area (Å²) < 4.78 is 0. The number of halogens is 1. The van der Waals surface area contributed by atoms with Gasteiger partial charge in [0.25, 0.3) is 0 Å². The van der Waals surface area contributed by atoms with Crippen LogP contribution in [0.25, 0.3) is 0 Å². The minimum Gasteiger partial charge on any atom is -0.309 e. The summed E-state index contributed by atoms with van der Waals surface area (Å²) in [5.74, 6) is 0.895. The van der Waals surface area contributed by atoms with Gasteiger partial charge in [0.1, 0.15) is 0 Å². The molecule has 1 aromatic heterocycles. The van der Waals surface area contributed by atoms with Crippen molar-refractivity contribution in [3.05, 3.63) is 21.3 Å². The molecule has 2 rings (SSSR count). The van der Waals surface area contributed by atoms with Crippen LogP contribution in [-0.2, 0) is 0 Å². The van der Waals surface area contributed by atoms with Crippen molar-refractivity contribution >= 4 is 22.9 Å². The van der Waals surface area contributed by atoms with E-state index in [-0.39, 0.29) is 0 Å². The molecule has 1 fully saturated rings. The maximum absolute atomic E-state index is 6.30. The fourth-order valence-corrected chi connectivity index (χ4v) is 4.19. The molecular formula is C15H24ClNS. The topological polar surface area (TPSA) is 12.0 Å². The molecule has 1 nitrogen and oxygen atoms in total. The second-order valence-corrected chi connectivity index (χ2v) is 6.73. The Morgan fingerprint density at radius 2 is 2.17 bits per heavy atom. The van der Waals surface area contributed by atoms with Crippen LogP contribution in [0.5, 0.6) is 0 Å². The van der Waals surface area contributed by atoms with Crippen LogP contribution in [0.1, 0.15) is 62.8 Å². The molecule has 0 aromatic carbocycles. The van der Waals surface area contributed by atoms with Gasteiger partial charge < -0.3 is 5.32 Å². The van der Waals surface area contributed by atoms with Crippen LogP contribution in [-0.4, -0.2) is 6.54 Å². The van der Waals surface area contributed by atoms with Gasteiger partial charge in [-0.25, -0.2) is 0 Å². The second kappa shape index (κ2) is 7.52. The molecule has 0 bridgehead atoms. The average Bonchev–Trinajstić information content (AvgIpc) is 2.82. The van der Waals surface area contributed by atoms with Crippen LogP contribution in [0.15, 0.2) is 11.4 Å². The van der Waals surface area contributed by atoms with E-state index in [1.807, 2.05) is 6.07 Å². The Balaban J connectivity index is 1.98. The third kappa shape index (κ3) is 3.97. The lowest BCUT2D eigenvalue weighted by atomic mass is 9.84. The van der Waals surface area contributed by atoms with Gasteiger partial charge in [0.15, 0.2) is 0 Å². The Morgan fingerprint density at radius 1 is 1.39 bits per heavy atom. The van der Waals surface area contributed by atoms with Crippen molar-refractivity contribution in [1.82, 2.24) is 5.32 Å². The van der Waals surface area contributed by atoms with Crippen molar-refractivity contribution in [1.29, 1.82) is 0 Å². The quantitative estimate of drug-likeness (QED) is 0.736. The summed E-state index contributed by atoms with van der Waals surface area (Å²) in [6, 6.07) is 2.50. The predicted octanol–water partition coefficient (Wildman–Crippen LogP) is 5.41. The van der Waals surface area contributed by atoms with Crippen molar-refractivity contribution in [3.8, 4) is 0 Å². The zero-order valence-corrected chi connectivity index (χ0v) is 12.8. The molecule has 0 radical (unpaired) electrons. The lowest BCUT2D eigenvalue weighted by molar-refractivity contribution is 0.301. The molecule has 1 aromatic rings. The van der Waals surface area contributed by atoms with Crippen molar-refractivity contribution in [2.24, 2.45) is 5.92 Å². The SMILES string of the molecule is CCCNC(CC1CCCCC1)c1sccc1Cl. The molecule has 102 valence electrons. The van der Waals surface area contributed by atoms with Crippen molar-refractivity contribution in [3.63, 3.8) is 0 Å².